The van der Waals surface area contributed by atoms with Crippen LogP contribution in [0, 0.1) is 0 Å². The van der Waals surface area contributed by atoms with Gasteiger partial charge in [-0.15, -0.1) is 0 Å². The van der Waals surface area contributed by atoms with Crippen LogP contribution in [-0.2, 0) is 20.6 Å². The molecule has 168 valence electrons. The number of carboxylic acids is 1. The van der Waals surface area contributed by atoms with E-state index in [-0.39, 0.29) is 6.16 Å². The van der Waals surface area contributed by atoms with Gasteiger partial charge in [-0.2, -0.15) is 0 Å². The molecule has 0 radical (unpaired) electrons. The molecule has 1 unspecified atom stereocenters. The van der Waals surface area contributed by atoms with E-state index in [1.54, 1.807) is 0 Å². The lowest BCUT2D eigenvalue weighted by Gasteiger charge is -2.28. The molecule has 0 aromatic heterocycles. The minimum Gasteiger partial charge on any atom is -0.480 e. The number of hydrogen-bond donors (Lipinski definition) is 4. The summed E-state index contributed by atoms with van der Waals surface area (Å²) in [5, 5.41) is 12.0. The van der Waals surface area contributed by atoms with Gasteiger partial charge in [0.25, 0.3) is 7.52 Å². The third-order valence-corrected chi connectivity index (χ3v) is 7.08. The number of amides is 1. The molecule has 1 aliphatic heterocycles. The van der Waals surface area contributed by atoms with E-state index < -0.39 is 31.5 Å². The number of unbranched alkanes of at least 4 members (excludes halogenated alkanes) is 2. The van der Waals surface area contributed by atoms with Gasteiger partial charge in [-0.3, -0.25) is 9.36 Å². The Morgan fingerprint density at radius 1 is 1.20 bits per heavy atom. The number of nitrogens with zero attached hydrogens (tertiary/aromatic N) is 1. The first-order valence-corrected chi connectivity index (χ1v) is 12.6. The monoisotopic (exact) mass is 439 g/mol. The van der Waals surface area contributed by atoms with Gasteiger partial charge >= 0.3 is 5.97 Å². The topological polar surface area (TPSA) is 133 Å². The maximum atomic E-state index is 13.0. The van der Waals surface area contributed by atoms with Crippen LogP contribution in [0.25, 0.3) is 0 Å². The summed E-state index contributed by atoms with van der Waals surface area (Å²) in [6.07, 6.45) is 4.93. The Hall–Kier alpha value is -1.73. The Bertz CT molecular complexity index is 731. The summed E-state index contributed by atoms with van der Waals surface area (Å²) in [6.45, 7) is 0.830. The highest BCUT2D eigenvalue weighted by Crippen LogP contribution is 2.38. The van der Waals surface area contributed by atoms with E-state index >= 15 is 0 Å². The van der Waals surface area contributed by atoms with Gasteiger partial charge in [0.1, 0.15) is 6.04 Å². The van der Waals surface area contributed by atoms with Crippen molar-refractivity contribution >= 4 is 19.4 Å². The SMILES string of the molecule is NCCCC[C@H](NP(=O)(O)CCCCc1ccccc1)C(=O)N1CCC[C@H]1C(=O)O. The van der Waals surface area contributed by atoms with Crippen LogP contribution in [0.3, 0.4) is 0 Å². The molecular formula is C21H34N3O5P. The molecule has 1 aliphatic rings. The van der Waals surface area contributed by atoms with Crippen LogP contribution in [0.2, 0.25) is 0 Å². The molecule has 1 saturated heterocycles. The zero-order chi connectivity index (χ0) is 22.0. The quantitative estimate of drug-likeness (QED) is 0.274. The third-order valence-electron chi connectivity index (χ3n) is 5.44. The second-order valence-electron chi connectivity index (χ2n) is 7.86. The van der Waals surface area contributed by atoms with Crippen molar-refractivity contribution in [1.29, 1.82) is 0 Å². The lowest BCUT2D eigenvalue weighted by atomic mass is 10.1. The first-order chi connectivity index (χ1) is 14.3. The molecule has 8 nitrogen and oxygen atoms in total. The van der Waals surface area contributed by atoms with Crippen molar-refractivity contribution in [3.63, 3.8) is 0 Å². The fourth-order valence-electron chi connectivity index (χ4n) is 3.83. The van der Waals surface area contributed by atoms with Gasteiger partial charge in [0, 0.05) is 12.7 Å². The van der Waals surface area contributed by atoms with Gasteiger partial charge < -0.3 is 20.6 Å². The zero-order valence-electron chi connectivity index (χ0n) is 17.4. The summed E-state index contributed by atoms with van der Waals surface area (Å²) in [6, 6.07) is 8.20. The van der Waals surface area contributed by atoms with Gasteiger partial charge in [0.2, 0.25) is 5.91 Å². The highest BCUT2D eigenvalue weighted by atomic mass is 31.2. The van der Waals surface area contributed by atoms with E-state index in [1.807, 2.05) is 30.3 Å². The summed E-state index contributed by atoms with van der Waals surface area (Å²) in [7, 11) is -3.73. The third kappa shape index (κ3) is 7.84. The number of aliphatic carboxylic acids is 1. The summed E-state index contributed by atoms with van der Waals surface area (Å²) in [5.74, 6) is -1.44. The van der Waals surface area contributed by atoms with Crippen LogP contribution >= 0.6 is 7.52 Å². The van der Waals surface area contributed by atoms with Crippen LogP contribution in [0.15, 0.2) is 30.3 Å². The van der Waals surface area contributed by atoms with E-state index in [9.17, 15) is 24.2 Å². The molecule has 30 heavy (non-hydrogen) atoms. The molecule has 5 N–H and O–H groups in total. The number of likely N-dealkylation sites (tertiary alicyclic amines) is 1. The van der Waals surface area contributed by atoms with Crippen LogP contribution in [-0.4, -0.2) is 58.1 Å². The predicted molar refractivity (Wildman–Crippen MR) is 116 cm³/mol. The van der Waals surface area contributed by atoms with Crippen molar-refractivity contribution in [2.75, 3.05) is 19.3 Å². The fourth-order valence-corrected chi connectivity index (χ4v) is 5.34. The number of rotatable bonds is 13. The highest BCUT2D eigenvalue weighted by Gasteiger charge is 2.38. The van der Waals surface area contributed by atoms with Crippen LogP contribution in [0.4, 0.5) is 0 Å². The maximum absolute atomic E-state index is 13.0. The number of carboxylic acid groups (broad SMARTS) is 1. The smallest absolute Gasteiger partial charge is 0.326 e. The second kappa shape index (κ2) is 12.2. The van der Waals surface area contributed by atoms with Gasteiger partial charge in [-0.05, 0) is 57.1 Å². The summed E-state index contributed by atoms with van der Waals surface area (Å²) < 4.78 is 12.7. The number of hydrogen-bond acceptors (Lipinski definition) is 4. The van der Waals surface area contributed by atoms with Crippen molar-refractivity contribution < 1.29 is 24.2 Å². The van der Waals surface area contributed by atoms with Crippen molar-refractivity contribution in [3.8, 4) is 0 Å². The lowest BCUT2D eigenvalue weighted by Crippen LogP contribution is -2.49. The van der Waals surface area contributed by atoms with Crippen molar-refractivity contribution in [2.24, 2.45) is 5.73 Å². The van der Waals surface area contributed by atoms with Gasteiger partial charge in [0.05, 0.1) is 6.04 Å². The van der Waals surface area contributed by atoms with Gasteiger partial charge in [-0.25, -0.2) is 9.88 Å². The van der Waals surface area contributed by atoms with Crippen LogP contribution < -0.4 is 10.8 Å². The normalized spacial score (nSPS) is 19.4. The Kier molecular flexibility index (Phi) is 9.98. The molecule has 1 aromatic carbocycles. The number of nitrogens with two attached hydrogens (primary N) is 1. The van der Waals surface area contributed by atoms with Crippen LogP contribution in [0.1, 0.15) is 50.5 Å². The second-order valence-corrected chi connectivity index (χ2v) is 9.97. The van der Waals surface area contributed by atoms with E-state index in [1.165, 1.54) is 10.5 Å². The molecule has 1 fully saturated rings. The Morgan fingerprint density at radius 2 is 1.93 bits per heavy atom. The van der Waals surface area contributed by atoms with E-state index in [0.717, 1.165) is 12.8 Å². The first-order valence-electron chi connectivity index (χ1n) is 10.7. The standard InChI is InChI=1S/C21H34N3O5P/c22-14-6-4-12-18(20(25)24-15-8-13-19(24)21(26)27)23-30(28,29)16-7-5-11-17-9-2-1-3-10-17/h1-3,9-10,18-19H,4-8,11-16,22H2,(H,26,27)(H2,23,28,29)/t18-,19-/m0/s1. The average molecular weight is 439 g/mol. The summed E-state index contributed by atoms with van der Waals surface area (Å²) in [5.41, 5.74) is 6.72. The first kappa shape index (κ1) is 24.5. The molecule has 9 heteroatoms. The molecule has 1 heterocycles. The molecule has 3 atom stereocenters. The highest BCUT2D eigenvalue weighted by molar-refractivity contribution is 7.55. The maximum Gasteiger partial charge on any atom is 0.326 e. The van der Waals surface area contributed by atoms with Crippen molar-refractivity contribution in [2.45, 2.75) is 63.5 Å². The number of carbonyl (C=O) groups excluding carboxylic acids is 1. The predicted octanol–water partition coefficient (Wildman–Crippen LogP) is 2.36. The minimum atomic E-state index is -3.73. The zero-order valence-corrected chi connectivity index (χ0v) is 18.3. The van der Waals surface area contributed by atoms with Gasteiger partial charge in [-0.1, -0.05) is 36.8 Å². The van der Waals surface area contributed by atoms with E-state index in [2.05, 4.69) is 5.09 Å². The number of carbonyl (C=O) groups is 2. The molecule has 0 saturated carbocycles. The fraction of sp³-hybridized carbons (Fsp3) is 0.619. The Morgan fingerprint density at radius 3 is 2.60 bits per heavy atom. The number of nitrogens with one attached hydrogen (secondary N) is 1. The van der Waals surface area contributed by atoms with E-state index in [0.29, 0.717) is 51.6 Å². The molecular weight excluding hydrogens is 405 g/mol. The summed E-state index contributed by atoms with van der Waals surface area (Å²) >= 11 is 0. The largest absolute Gasteiger partial charge is 0.480 e. The summed E-state index contributed by atoms with van der Waals surface area (Å²) in [4.78, 5) is 36.2. The molecule has 2 rings (SSSR count). The Balaban J connectivity index is 1.93. The van der Waals surface area contributed by atoms with Gasteiger partial charge in [0.15, 0.2) is 0 Å². The van der Waals surface area contributed by atoms with Crippen molar-refractivity contribution in [1.82, 2.24) is 9.99 Å². The Labute approximate surface area is 178 Å². The van der Waals surface area contributed by atoms with Crippen LogP contribution in [0.5, 0.6) is 0 Å². The lowest BCUT2D eigenvalue weighted by molar-refractivity contribution is -0.148. The molecule has 1 amide bonds. The average Bonchev–Trinajstić information content (AvgIpc) is 3.21. The molecule has 1 aromatic rings. The number of benzene rings is 1. The molecule has 0 spiro atoms. The number of aryl methyl sites for hydroxylation is 1. The van der Waals surface area contributed by atoms with Crippen molar-refractivity contribution in [3.05, 3.63) is 35.9 Å². The van der Waals surface area contributed by atoms with E-state index in [4.69, 9.17) is 5.73 Å². The molecule has 0 aliphatic carbocycles. The molecule has 0 bridgehead atoms. The minimum absolute atomic E-state index is 0.0723.